The van der Waals surface area contributed by atoms with Crippen LogP contribution in [0.2, 0.25) is 0 Å². The minimum absolute atomic E-state index is 0.911. The average Bonchev–Trinajstić information content (AvgIpc) is 3.66. The third-order valence-electron chi connectivity index (χ3n) is 10.5. The molecule has 2 nitrogen and oxygen atoms in total. The maximum absolute atomic E-state index is 6.52. The third kappa shape index (κ3) is 6.52. The van der Waals surface area contributed by atoms with E-state index in [1.807, 2.05) is 19.9 Å². The summed E-state index contributed by atoms with van der Waals surface area (Å²) in [5.41, 5.74) is 14.6. The summed E-state index contributed by atoms with van der Waals surface area (Å²) in [5, 5.41) is 4.69. The van der Waals surface area contributed by atoms with E-state index in [9.17, 15) is 0 Å². The lowest BCUT2D eigenvalue weighted by Gasteiger charge is -2.26. The van der Waals surface area contributed by atoms with Gasteiger partial charge >= 0.3 is 0 Å². The number of hydrogen-bond acceptors (Lipinski definition) is 2. The van der Waals surface area contributed by atoms with Crippen molar-refractivity contribution in [1.82, 2.24) is 0 Å². The third-order valence-corrected chi connectivity index (χ3v) is 10.5. The molecule has 1 aromatic heterocycles. The van der Waals surface area contributed by atoms with E-state index >= 15 is 0 Å². The predicted octanol–water partition coefficient (Wildman–Crippen LogP) is 15.9. The first-order valence-electron chi connectivity index (χ1n) is 19.4. The molecule has 0 aliphatic rings. The van der Waals surface area contributed by atoms with Gasteiger partial charge in [-0.15, -0.1) is 0 Å². The Hall–Kier alpha value is -7.16. The minimum atomic E-state index is 0.911. The molecule has 0 amide bonds. The molecule has 56 heavy (non-hydrogen) atoms. The molecular formula is C54H41NO. The molecule has 0 saturated carbocycles. The van der Waals surface area contributed by atoms with Gasteiger partial charge in [0.2, 0.25) is 0 Å². The van der Waals surface area contributed by atoms with Crippen LogP contribution in [0.15, 0.2) is 217 Å². The van der Waals surface area contributed by atoms with Crippen molar-refractivity contribution in [2.45, 2.75) is 13.8 Å². The lowest BCUT2D eigenvalue weighted by molar-refractivity contribution is 0.670. The molecule has 0 aliphatic heterocycles. The largest absolute Gasteiger partial charge is 0.455 e. The number of hydrogen-bond donors (Lipinski definition) is 0. The first-order valence-corrected chi connectivity index (χ1v) is 19.4. The van der Waals surface area contributed by atoms with Crippen molar-refractivity contribution in [1.29, 1.82) is 0 Å². The fraction of sp³-hybridized carbons (Fsp3) is 0.0370. The monoisotopic (exact) mass is 719 g/mol. The topological polar surface area (TPSA) is 16.4 Å². The predicted molar refractivity (Wildman–Crippen MR) is 239 cm³/mol. The molecule has 10 aromatic rings. The molecule has 0 bridgehead atoms. The highest BCUT2D eigenvalue weighted by atomic mass is 16.3. The Bertz CT molecular complexity index is 2790. The number of benzene rings is 9. The highest BCUT2D eigenvalue weighted by molar-refractivity contribution is 6.18. The number of nitrogens with zero attached hydrogens (tertiary/aromatic N) is 1. The Morgan fingerprint density at radius 2 is 0.696 bits per heavy atom. The van der Waals surface area contributed by atoms with E-state index in [1.54, 1.807) is 0 Å². The lowest BCUT2D eigenvalue weighted by atomic mass is 9.94. The second-order valence-corrected chi connectivity index (χ2v) is 13.7. The second-order valence-electron chi connectivity index (χ2n) is 13.7. The van der Waals surface area contributed by atoms with E-state index < -0.39 is 0 Å². The lowest BCUT2D eigenvalue weighted by Crippen LogP contribution is -2.09. The van der Waals surface area contributed by atoms with Crippen molar-refractivity contribution in [2.24, 2.45) is 0 Å². The summed E-state index contributed by atoms with van der Waals surface area (Å²) < 4.78 is 6.52. The van der Waals surface area contributed by atoms with Crippen molar-refractivity contribution < 1.29 is 4.42 Å². The van der Waals surface area contributed by atoms with Crippen LogP contribution in [-0.2, 0) is 0 Å². The summed E-state index contributed by atoms with van der Waals surface area (Å²) in [7, 11) is 0. The van der Waals surface area contributed by atoms with Crippen LogP contribution in [0.3, 0.4) is 0 Å². The minimum Gasteiger partial charge on any atom is -0.455 e. The molecule has 1 heterocycles. The van der Waals surface area contributed by atoms with Gasteiger partial charge in [0.05, 0.1) is 0 Å². The van der Waals surface area contributed by atoms with Gasteiger partial charge in [-0.1, -0.05) is 178 Å². The van der Waals surface area contributed by atoms with Gasteiger partial charge in [0.25, 0.3) is 0 Å². The molecular weight excluding hydrogens is 679 g/mol. The molecule has 268 valence electrons. The van der Waals surface area contributed by atoms with Crippen LogP contribution in [0.1, 0.15) is 13.8 Å². The molecule has 9 aromatic carbocycles. The number of para-hydroxylation sites is 1. The van der Waals surface area contributed by atoms with Crippen molar-refractivity contribution >= 4 is 49.8 Å². The highest BCUT2D eigenvalue weighted by Gasteiger charge is 2.17. The van der Waals surface area contributed by atoms with E-state index in [0.717, 1.165) is 61.3 Å². The zero-order valence-corrected chi connectivity index (χ0v) is 31.6. The Morgan fingerprint density at radius 1 is 0.321 bits per heavy atom. The summed E-state index contributed by atoms with van der Waals surface area (Å²) in [6.45, 7) is 4.00. The molecule has 2 heteroatoms. The average molecular weight is 720 g/mol. The molecule has 0 spiro atoms. The molecule has 0 aliphatic carbocycles. The maximum Gasteiger partial charge on any atom is 0.143 e. The van der Waals surface area contributed by atoms with Gasteiger partial charge in [-0.3, -0.25) is 0 Å². The van der Waals surface area contributed by atoms with Gasteiger partial charge in [0.15, 0.2) is 0 Å². The normalized spacial score (nSPS) is 11.0. The van der Waals surface area contributed by atoms with Gasteiger partial charge in [-0.25, -0.2) is 0 Å². The molecule has 0 fully saturated rings. The van der Waals surface area contributed by atoms with E-state index in [2.05, 4.69) is 211 Å². The van der Waals surface area contributed by atoms with Crippen LogP contribution >= 0.6 is 0 Å². The van der Waals surface area contributed by atoms with Gasteiger partial charge in [-0.2, -0.15) is 0 Å². The Balaban J connectivity index is 0.00000202. The summed E-state index contributed by atoms with van der Waals surface area (Å²) >= 11 is 0. The quantitative estimate of drug-likeness (QED) is 0.163. The Morgan fingerprint density at radius 3 is 1.20 bits per heavy atom. The Kier molecular flexibility index (Phi) is 9.45. The number of fused-ring (bicyclic) bond motifs is 4. The van der Waals surface area contributed by atoms with Gasteiger partial charge in [0.1, 0.15) is 11.2 Å². The Labute approximate surface area is 328 Å². The molecule has 0 atom stereocenters. The van der Waals surface area contributed by atoms with Crippen molar-refractivity contribution in [3.8, 4) is 44.5 Å². The fourth-order valence-electron chi connectivity index (χ4n) is 7.76. The maximum atomic E-state index is 6.52. The van der Waals surface area contributed by atoms with Crippen LogP contribution in [0.5, 0.6) is 0 Å². The first kappa shape index (κ1) is 34.6. The molecule has 10 rings (SSSR count). The number of furan rings is 1. The van der Waals surface area contributed by atoms with Gasteiger partial charge in [0, 0.05) is 33.4 Å². The highest BCUT2D eigenvalue weighted by Crippen LogP contribution is 2.42. The summed E-state index contributed by atoms with van der Waals surface area (Å²) in [6.07, 6.45) is 0. The van der Waals surface area contributed by atoms with Crippen LogP contribution in [0, 0.1) is 0 Å². The van der Waals surface area contributed by atoms with Crippen LogP contribution < -0.4 is 4.90 Å². The molecule has 0 radical (unpaired) electrons. The van der Waals surface area contributed by atoms with E-state index in [1.165, 1.54) is 33.0 Å². The van der Waals surface area contributed by atoms with Gasteiger partial charge in [-0.05, 0) is 98.2 Å². The van der Waals surface area contributed by atoms with Crippen molar-refractivity contribution in [3.63, 3.8) is 0 Å². The van der Waals surface area contributed by atoms with Crippen LogP contribution in [0.4, 0.5) is 17.1 Å². The SMILES string of the molecule is CC.c1ccc(-c2ccc(N(c3ccc(-c4ccccc4)cc3)c3ccc(-c4ccc(-c5c6ccccc6cc6c5oc5ccccc56)cc4)cc3)cc2)cc1. The second kappa shape index (κ2) is 15.3. The van der Waals surface area contributed by atoms with Crippen LogP contribution in [0.25, 0.3) is 77.2 Å². The molecule has 0 saturated heterocycles. The zero-order chi connectivity index (χ0) is 37.8. The molecule has 0 unspecified atom stereocenters. The fourth-order valence-corrected chi connectivity index (χ4v) is 7.76. The number of anilines is 3. The van der Waals surface area contributed by atoms with E-state index in [0.29, 0.717) is 0 Å². The van der Waals surface area contributed by atoms with Gasteiger partial charge < -0.3 is 9.32 Å². The summed E-state index contributed by atoms with van der Waals surface area (Å²) in [5.74, 6) is 0. The standard InChI is InChI=1S/C52H35NO.C2H6/c1-3-11-36(12-4-1)39-23-29-44(30-24-39)53(45-31-25-40(26-32-45)37-13-5-2-6-14-37)46-33-27-41(28-34-46)38-19-21-42(22-20-38)51-47-16-8-7-15-43(47)35-49-48-17-9-10-18-50(48)54-52(49)51;1-2/h1-35H;1-2H3. The smallest absolute Gasteiger partial charge is 0.143 e. The van der Waals surface area contributed by atoms with Crippen molar-refractivity contribution in [3.05, 3.63) is 212 Å². The van der Waals surface area contributed by atoms with E-state index in [-0.39, 0.29) is 0 Å². The zero-order valence-electron chi connectivity index (χ0n) is 31.6. The van der Waals surface area contributed by atoms with Crippen molar-refractivity contribution in [2.75, 3.05) is 4.90 Å². The molecule has 0 N–H and O–H groups in total. The summed E-state index contributed by atoms with van der Waals surface area (Å²) in [4.78, 5) is 2.33. The van der Waals surface area contributed by atoms with E-state index in [4.69, 9.17) is 4.42 Å². The first-order chi connectivity index (χ1) is 27.8. The summed E-state index contributed by atoms with van der Waals surface area (Å²) in [6, 6.07) is 75.7. The number of rotatable bonds is 7. The van der Waals surface area contributed by atoms with Crippen LogP contribution in [-0.4, -0.2) is 0 Å².